The molecule has 1 aromatic rings. The van der Waals surface area contributed by atoms with Crippen LogP contribution in [0, 0.1) is 5.41 Å². The van der Waals surface area contributed by atoms with Crippen molar-refractivity contribution in [1.82, 2.24) is 5.32 Å². The molecule has 2 N–H and O–H groups in total. The molecule has 17 heavy (non-hydrogen) atoms. The predicted molar refractivity (Wildman–Crippen MR) is 74.0 cm³/mol. The highest BCUT2D eigenvalue weighted by Crippen LogP contribution is 2.47. The highest BCUT2D eigenvalue weighted by molar-refractivity contribution is 6.31. The van der Waals surface area contributed by atoms with Crippen molar-refractivity contribution in [3.05, 3.63) is 28.8 Å². The molecule has 1 fully saturated rings. The number of phenolic OH excluding ortho intramolecular Hbond substituents is 1. The SMILES string of the molecule is CCC1(CNCc2c(O)cccc2Cl)CC1.Cl. The summed E-state index contributed by atoms with van der Waals surface area (Å²) in [5.41, 5.74) is 1.33. The predicted octanol–water partition coefficient (Wildman–Crippen LogP) is 3.75. The summed E-state index contributed by atoms with van der Waals surface area (Å²) in [5.74, 6) is 0.279. The van der Waals surface area contributed by atoms with Gasteiger partial charge in [-0.05, 0) is 36.8 Å². The van der Waals surface area contributed by atoms with Crippen LogP contribution < -0.4 is 5.32 Å². The summed E-state index contributed by atoms with van der Waals surface area (Å²) in [6.07, 6.45) is 3.88. The normalized spacial score (nSPS) is 16.4. The Bertz CT molecular complexity index is 357. The third-order valence-corrected chi connectivity index (χ3v) is 3.96. The molecule has 2 nitrogen and oxygen atoms in total. The maximum Gasteiger partial charge on any atom is 0.121 e. The minimum atomic E-state index is 0. The summed E-state index contributed by atoms with van der Waals surface area (Å²) in [7, 11) is 0. The van der Waals surface area contributed by atoms with Crippen molar-refractivity contribution in [2.45, 2.75) is 32.7 Å². The molecular formula is C13H19Cl2NO. The van der Waals surface area contributed by atoms with Crippen LogP contribution in [0.3, 0.4) is 0 Å². The van der Waals surface area contributed by atoms with Gasteiger partial charge in [-0.15, -0.1) is 12.4 Å². The zero-order valence-electron chi connectivity index (χ0n) is 10.0. The molecule has 0 atom stereocenters. The van der Waals surface area contributed by atoms with E-state index in [4.69, 9.17) is 11.6 Å². The smallest absolute Gasteiger partial charge is 0.121 e. The lowest BCUT2D eigenvalue weighted by Gasteiger charge is -2.14. The van der Waals surface area contributed by atoms with Crippen molar-refractivity contribution in [2.75, 3.05) is 6.54 Å². The van der Waals surface area contributed by atoms with Crippen LogP contribution in [0.5, 0.6) is 5.75 Å². The highest BCUT2D eigenvalue weighted by Gasteiger charge is 2.39. The minimum absolute atomic E-state index is 0. The number of aromatic hydroxyl groups is 1. The summed E-state index contributed by atoms with van der Waals surface area (Å²) in [5, 5.41) is 13.7. The minimum Gasteiger partial charge on any atom is -0.508 e. The standard InChI is InChI=1S/C13H18ClNO.ClH/c1-2-13(6-7-13)9-15-8-10-11(14)4-3-5-12(10)16;/h3-5,15-16H,2,6-9H2,1H3;1H. The average Bonchev–Trinajstić information content (AvgIpc) is 3.03. The number of hydrogen-bond donors (Lipinski definition) is 2. The van der Waals surface area contributed by atoms with Gasteiger partial charge in [-0.3, -0.25) is 0 Å². The fraction of sp³-hybridized carbons (Fsp3) is 0.538. The van der Waals surface area contributed by atoms with E-state index in [2.05, 4.69) is 12.2 Å². The maximum atomic E-state index is 9.67. The van der Waals surface area contributed by atoms with Gasteiger partial charge in [0, 0.05) is 23.7 Å². The summed E-state index contributed by atoms with van der Waals surface area (Å²) < 4.78 is 0. The third kappa shape index (κ3) is 3.51. The van der Waals surface area contributed by atoms with E-state index in [1.165, 1.54) is 19.3 Å². The summed E-state index contributed by atoms with van der Waals surface area (Å²) in [4.78, 5) is 0. The molecule has 2 rings (SSSR count). The number of phenols is 1. The second-order valence-corrected chi connectivity index (χ2v) is 5.10. The number of nitrogens with one attached hydrogen (secondary N) is 1. The van der Waals surface area contributed by atoms with Gasteiger partial charge in [-0.1, -0.05) is 24.6 Å². The van der Waals surface area contributed by atoms with Crippen LogP contribution in [-0.2, 0) is 6.54 Å². The van der Waals surface area contributed by atoms with Gasteiger partial charge in [0.2, 0.25) is 0 Å². The molecule has 1 aromatic carbocycles. The molecule has 1 aliphatic rings. The third-order valence-electron chi connectivity index (χ3n) is 3.60. The highest BCUT2D eigenvalue weighted by atomic mass is 35.5. The van der Waals surface area contributed by atoms with Gasteiger partial charge in [0.15, 0.2) is 0 Å². The first kappa shape index (κ1) is 14.6. The molecule has 1 aliphatic carbocycles. The Morgan fingerprint density at radius 3 is 2.65 bits per heavy atom. The van der Waals surface area contributed by atoms with Gasteiger partial charge >= 0.3 is 0 Å². The van der Waals surface area contributed by atoms with Crippen LogP contribution in [-0.4, -0.2) is 11.7 Å². The van der Waals surface area contributed by atoms with E-state index in [-0.39, 0.29) is 18.2 Å². The van der Waals surface area contributed by atoms with Crippen molar-refractivity contribution in [2.24, 2.45) is 5.41 Å². The number of halogens is 2. The van der Waals surface area contributed by atoms with Crippen LogP contribution >= 0.6 is 24.0 Å². The lowest BCUT2D eigenvalue weighted by molar-refractivity contribution is 0.432. The van der Waals surface area contributed by atoms with Crippen molar-refractivity contribution >= 4 is 24.0 Å². The molecule has 0 aromatic heterocycles. The molecule has 0 heterocycles. The molecular weight excluding hydrogens is 257 g/mol. The largest absolute Gasteiger partial charge is 0.508 e. The van der Waals surface area contributed by atoms with Crippen LogP contribution in [0.4, 0.5) is 0 Å². The Morgan fingerprint density at radius 2 is 2.12 bits per heavy atom. The van der Waals surface area contributed by atoms with Gasteiger partial charge in [0.05, 0.1) is 0 Å². The molecule has 1 saturated carbocycles. The molecule has 0 amide bonds. The fourth-order valence-electron chi connectivity index (χ4n) is 2.01. The molecule has 0 spiro atoms. The van der Waals surface area contributed by atoms with E-state index in [1.807, 2.05) is 6.07 Å². The lowest BCUT2D eigenvalue weighted by Crippen LogP contribution is -2.23. The van der Waals surface area contributed by atoms with E-state index in [1.54, 1.807) is 12.1 Å². The van der Waals surface area contributed by atoms with Crippen LogP contribution in [0.2, 0.25) is 5.02 Å². The fourth-order valence-corrected chi connectivity index (χ4v) is 2.24. The van der Waals surface area contributed by atoms with Crippen molar-refractivity contribution in [3.8, 4) is 5.75 Å². The van der Waals surface area contributed by atoms with E-state index in [9.17, 15) is 5.11 Å². The van der Waals surface area contributed by atoms with Crippen LogP contribution in [0.1, 0.15) is 31.7 Å². The van der Waals surface area contributed by atoms with Gasteiger partial charge in [0.1, 0.15) is 5.75 Å². The Labute approximate surface area is 114 Å². The Balaban J connectivity index is 0.00000144. The molecule has 0 saturated heterocycles. The van der Waals surface area contributed by atoms with Gasteiger partial charge in [0.25, 0.3) is 0 Å². The Kier molecular flexibility index (Phi) is 5.11. The lowest BCUT2D eigenvalue weighted by atomic mass is 10.0. The first-order valence-corrected chi connectivity index (χ1v) is 6.22. The van der Waals surface area contributed by atoms with Gasteiger partial charge in [-0.2, -0.15) is 0 Å². The molecule has 0 aliphatic heterocycles. The van der Waals surface area contributed by atoms with Crippen molar-refractivity contribution in [3.63, 3.8) is 0 Å². The zero-order chi connectivity index (χ0) is 11.6. The molecule has 96 valence electrons. The van der Waals surface area contributed by atoms with Crippen molar-refractivity contribution in [1.29, 1.82) is 0 Å². The number of hydrogen-bond acceptors (Lipinski definition) is 2. The van der Waals surface area contributed by atoms with E-state index >= 15 is 0 Å². The monoisotopic (exact) mass is 275 g/mol. The second-order valence-electron chi connectivity index (χ2n) is 4.69. The Hall–Kier alpha value is -0.440. The molecule has 0 unspecified atom stereocenters. The zero-order valence-corrected chi connectivity index (χ0v) is 11.6. The van der Waals surface area contributed by atoms with E-state index in [0.29, 0.717) is 17.0 Å². The van der Waals surface area contributed by atoms with Crippen molar-refractivity contribution < 1.29 is 5.11 Å². The van der Waals surface area contributed by atoms with E-state index in [0.717, 1.165) is 12.1 Å². The van der Waals surface area contributed by atoms with E-state index < -0.39 is 0 Å². The molecule has 0 radical (unpaired) electrons. The number of rotatable bonds is 5. The first-order valence-electron chi connectivity index (χ1n) is 5.84. The number of benzene rings is 1. The molecule has 0 bridgehead atoms. The topological polar surface area (TPSA) is 32.3 Å². The van der Waals surface area contributed by atoms with Crippen LogP contribution in [0.15, 0.2) is 18.2 Å². The first-order chi connectivity index (χ1) is 7.67. The van der Waals surface area contributed by atoms with Gasteiger partial charge < -0.3 is 10.4 Å². The summed E-state index contributed by atoms with van der Waals surface area (Å²) >= 11 is 6.03. The molecule has 4 heteroatoms. The average molecular weight is 276 g/mol. The maximum absolute atomic E-state index is 9.67. The summed E-state index contributed by atoms with van der Waals surface area (Å²) in [6, 6.07) is 5.25. The summed E-state index contributed by atoms with van der Waals surface area (Å²) in [6.45, 7) is 3.91. The quantitative estimate of drug-likeness (QED) is 0.858. The van der Waals surface area contributed by atoms with Crippen LogP contribution in [0.25, 0.3) is 0 Å². The Morgan fingerprint density at radius 1 is 1.41 bits per heavy atom. The second kappa shape index (κ2) is 5.94. The van der Waals surface area contributed by atoms with Gasteiger partial charge in [-0.25, -0.2) is 0 Å².